The van der Waals surface area contributed by atoms with Crippen LogP contribution in [0.15, 0.2) is 40.9 Å². The minimum Gasteiger partial charge on any atom is -0.478 e. The lowest BCUT2D eigenvalue weighted by Gasteiger charge is -2.12. The van der Waals surface area contributed by atoms with E-state index in [1.165, 1.54) is 5.56 Å². The van der Waals surface area contributed by atoms with E-state index in [0.29, 0.717) is 5.56 Å². The fraction of sp³-hybridized carbons (Fsp3) is 0.133. The van der Waals surface area contributed by atoms with Gasteiger partial charge in [-0.15, -0.1) is 0 Å². The van der Waals surface area contributed by atoms with Gasteiger partial charge in [-0.1, -0.05) is 6.07 Å². The van der Waals surface area contributed by atoms with E-state index in [1.807, 2.05) is 32.0 Å². The van der Waals surface area contributed by atoms with Gasteiger partial charge in [0.1, 0.15) is 0 Å². The fourth-order valence-electron chi connectivity index (χ4n) is 1.80. The summed E-state index contributed by atoms with van der Waals surface area (Å²) in [5.41, 5.74) is 4.22. The first-order valence-electron chi connectivity index (χ1n) is 5.84. The summed E-state index contributed by atoms with van der Waals surface area (Å²) in [7, 11) is 0. The van der Waals surface area contributed by atoms with Crippen LogP contribution in [0.2, 0.25) is 0 Å². The van der Waals surface area contributed by atoms with Gasteiger partial charge in [-0.2, -0.15) is 0 Å². The first kappa shape index (κ1) is 13.6. The molecule has 3 nitrogen and oxygen atoms in total. The molecule has 0 heterocycles. The van der Waals surface area contributed by atoms with E-state index in [0.717, 1.165) is 21.4 Å². The summed E-state index contributed by atoms with van der Waals surface area (Å²) < 4.78 is 0.981. The molecule has 98 valence electrons. The Morgan fingerprint density at radius 1 is 1.11 bits per heavy atom. The molecule has 2 aromatic rings. The number of hydrogen-bond donors (Lipinski definition) is 2. The van der Waals surface area contributed by atoms with Crippen molar-refractivity contribution >= 4 is 33.3 Å². The second-order valence-electron chi connectivity index (χ2n) is 4.44. The minimum absolute atomic E-state index is 0.297. The number of nitrogens with one attached hydrogen (secondary N) is 1. The van der Waals surface area contributed by atoms with Crippen molar-refractivity contribution in [3.8, 4) is 0 Å². The molecule has 2 rings (SSSR count). The van der Waals surface area contributed by atoms with Crippen LogP contribution in [-0.4, -0.2) is 11.1 Å². The zero-order chi connectivity index (χ0) is 14.0. The van der Waals surface area contributed by atoms with E-state index in [-0.39, 0.29) is 0 Å². The van der Waals surface area contributed by atoms with Crippen molar-refractivity contribution in [3.05, 3.63) is 57.6 Å². The van der Waals surface area contributed by atoms with Crippen molar-refractivity contribution in [2.75, 3.05) is 5.32 Å². The average molecular weight is 320 g/mol. The lowest BCUT2D eigenvalue weighted by atomic mass is 10.1. The van der Waals surface area contributed by atoms with Crippen LogP contribution in [0.1, 0.15) is 21.5 Å². The molecule has 19 heavy (non-hydrogen) atoms. The SMILES string of the molecule is Cc1ccc(Nc2ccc(C(=O)O)cc2C)c(Br)c1. The Labute approximate surface area is 120 Å². The largest absolute Gasteiger partial charge is 0.478 e. The molecule has 0 fully saturated rings. The Hall–Kier alpha value is -1.81. The van der Waals surface area contributed by atoms with Gasteiger partial charge in [-0.05, 0) is 71.2 Å². The molecule has 2 aromatic carbocycles. The van der Waals surface area contributed by atoms with Gasteiger partial charge in [0.15, 0.2) is 0 Å². The maximum Gasteiger partial charge on any atom is 0.335 e. The summed E-state index contributed by atoms with van der Waals surface area (Å²) in [6, 6.07) is 11.1. The molecular weight excluding hydrogens is 306 g/mol. The van der Waals surface area contributed by atoms with Gasteiger partial charge in [0.05, 0.1) is 11.3 Å². The van der Waals surface area contributed by atoms with Crippen LogP contribution in [0.3, 0.4) is 0 Å². The van der Waals surface area contributed by atoms with Crippen molar-refractivity contribution in [1.29, 1.82) is 0 Å². The Morgan fingerprint density at radius 2 is 1.79 bits per heavy atom. The second kappa shape index (κ2) is 5.45. The van der Waals surface area contributed by atoms with Crippen molar-refractivity contribution in [3.63, 3.8) is 0 Å². The number of halogens is 1. The van der Waals surface area contributed by atoms with E-state index >= 15 is 0 Å². The summed E-state index contributed by atoms with van der Waals surface area (Å²) in [6.45, 7) is 3.91. The van der Waals surface area contributed by atoms with Crippen LogP contribution >= 0.6 is 15.9 Å². The molecule has 0 bridgehead atoms. The smallest absolute Gasteiger partial charge is 0.335 e. The quantitative estimate of drug-likeness (QED) is 0.875. The summed E-state index contributed by atoms with van der Waals surface area (Å²) >= 11 is 3.51. The zero-order valence-electron chi connectivity index (χ0n) is 10.7. The average Bonchev–Trinajstić information content (AvgIpc) is 2.34. The molecule has 4 heteroatoms. The Bertz CT molecular complexity index is 638. The standard InChI is InChI=1S/C15H14BrNO2/c1-9-3-5-14(12(16)7-9)17-13-6-4-11(15(18)19)8-10(13)2/h3-8,17H,1-2H3,(H,18,19). The van der Waals surface area contributed by atoms with Crippen LogP contribution < -0.4 is 5.32 Å². The van der Waals surface area contributed by atoms with E-state index in [9.17, 15) is 4.79 Å². The highest BCUT2D eigenvalue weighted by molar-refractivity contribution is 9.10. The third-order valence-electron chi connectivity index (χ3n) is 2.87. The zero-order valence-corrected chi connectivity index (χ0v) is 12.3. The first-order chi connectivity index (χ1) is 8.97. The van der Waals surface area contributed by atoms with Gasteiger partial charge in [0.2, 0.25) is 0 Å². The van der Waals surface area contributed by atoms with Crippen LogP contribution in [0.25, 0.3) is 0 Å². The summed E-state index contributed by atoms with van der Waals surface area (Å²) in [4.78, 5) is 10.9. The van der Waals surface area contributed by atoms with Gasteiger partial charge < -0.3 is 10.4 Å². The molecule has 0 aromatic heterocycles. The Balaban J connectivity index is 2.31. The predicted molar refractivity (Wildman–Crippen MR) is 80.3 cm³/mol. The molecule has 0 aliphatic rings. The minimum atomic E-state index is -0.911. The number of rotatable bonds is 3. The highest BCUT2D eigenvalue weighted by Crippen LogP contribution is 2.28. The van der Waals surface area contributed by atoms with E-state index in [2.05, 4.69) is 21.2 Å². The molecule has 0 spiro atoms. The number of hydrogen-bond acceptors (Lipinski definition) is 2. The molecule has 0 atom stereocenters. The van der Waals surface area contributed by atoms with E-state index in [4.69, 9.17) is 5.11 Å². The lowest BCUT2D eigenvalue weighted by molar-refractivity contribution is 0.0697. The van der Waals surface area contributed by atoms with Crippen molar-refractivity contribution < 1.29 is 9.90 Å². The molecule has 0 radical (unpaired) electrons. The normalized spacial score (nSPS) is 10.3. The summed E-state index contributed by atoms with van der Waals surface area (Å²) in [5.74, 6) is -0.911. The summed E-state index contributed by atoms with van der Waals surface area (Å²) in [5, 5.41) is 12.2. The molecule has 0 aliphatic carbocycles. The topological polar surface area (TPSA) is 49.3 Å². The van der Waals surface area contributed by atoms with Gasteiger partial charge in [-0.25, -0.2) is 4.79 Å². The van der Waals surface area contributed by atoms with Gasteiger partial charge in [0, 0.05) is 10.2 Å². The van der Waals surface area contributed by atoms with Crippen LogP contribution in [-0.2, 0) is 0 Å². The number of carboxylic acids is 1. The number of aryl methyl sites for hydroxylation is 2. The van der Waals surface area contributed by atoms with Crippen LogP contribution in [0, 0.1) is 13.8 Å². The predicted octanol–water partition coefficient (Wildman–Crippen LogP) is 4.51. The van der Waals surface area contributed by atoms with Gasteiger partial charge in [0.25, 0.3) is 0 Å². The second-order valence-corrected chi connectivity index (χ2v) is 5.30. The lowest BCUT2D eigenvalue weighted by Crippen LogP contribution is -1.99. The summed E-state index contributed by atoms with van der Waals surface area (Å²) in [6.07, 6.45) is 0. The molecule has 2 N–H and O–H groups in total. The van der Waals surface area contributed by atoms with Crippen LogP contribution in [0.4, 0.5) is 11.4 Å². The molecule has 0 amide bonds. The van der Waals surface area contributed by atoms with Gasteiger partial charge in [-0.3, -0.25) is 0 Å². The fourth-order valence-corrected chi connectivity index (χ4v) is 2.40. The molecule has 0 saturated carbocycles. The molecule has 0 aliphatic heterocycles. The third-order valence-corrected chi connectivity index (χ3v) is 3.52. The number of benzene rings is 2. The third kappa shape index (κ3) is 3.15. The first-order valence-corrected chi connectivity index (χ1v) is 6.64. The highest BCUT2D eigenvalue weighted by Gasteiger charge is 2.07. The Morgan fingerprint density at radius 3 is 2.37 bits per heavy atom. The molecular formula is C15H14BrNO2. The van der Waals surface area contributed by atoms with Crippen molar-refractivity contribution in [1.82, 2.24) is 0 Å². The molecule has 0 unspecified atom stereocenters. The van der Waals surface area contributed by atoms with E-state index < -0.39 is 5.97 Å². The molecule has 0 saturated heterocycles. The maximum atomic E-state index is 10.9. The highest BCUT2D eigenvalue weighted by atomic mass is 79.9. The van der Waals surface area contributed by atoms with E-state index in [1.54, 1.807) is 18.2 Å². The number of carbonyl (C=O) groups is 1. The number of aromatic carboxylic acids is 1. The Kier molecular flexibility index (Phi) is 3.90. The monoisotopic (exact) mass is 319 g/mol. The maximum absolute atomic E-state index is 10.9. The number of carboxylic acid groups (broad SMARTS) is 1. The number of anilines is 2. The van der Waals surface area contributed by atoms with Gasteiger partial charge >= 0.3 is 5.97 Å². The van der Waals surface area contributed by atoms with Crippen molar-refractivity contribution in [2.24, 2.45) is 0 Å². The van der Waals surface area contributed by atoms with Crippen molar-refractivity contribution in [2.45, 2.75) is 13.8 Å². The van der Waals surface area contributed by atoms with Crippen LogP contribution in [0.5, 0.6) is 0 Å².